The smallest absolute Gasteiger partial charge is 0.373 e. The highest BCUT2D eigenvalue weighted by Crippen LogP contribution is 2.11. The molecule has 0 radical (unpaired) electrons. The van der Waals surface area contributed by atoms with Gasteiger partial charge in [0.25, 0.3) is 0 Å². The van der Waals surface area contributed by atoms with Gasteiger partial charge in [-0.15, -0.1) is 0 Å². The first kappa shape index (κ1) is 17.0. The van der Waals surface area contributed by atoms with Gasteiger partial charge in [-0.2, -0.15) is 0 Å². The van der Waals surface area contributed by atoms with E-state index in [9.17, 15) is 4.79 Å². The predicted octanol–water partition coefficient (Wildman–Crippen LogP) is 4.35. The fraction of sp³-hybridized carbons (Fsp3) is 0.389. The second-order valence-corrected chi connectivity index (χ2v) is 4.94. The van der Waals surface area contributed by atoms with Crippen LogP contribution in [-0.2, 0) is 14.3 Å². The Labute approximate surface area is 127 Å². The Morgan fingerprint density at radius 3 is 2.52 bits per heavy atom. The molecule has 0 unspecified atom stereocenters. The number of hydrogen-bond donors (Lipinski definition) is 0. The van der Waals surface area contributed by atoms with Crippen molar-refractivity contribution in [3.05, 3.63) is 53.8 Å². The number of carbonyl (C=O) groups excluding carboxylic acids is 1. The summed E-state index contributed by atoms with van der Waals surface area (Å²) in [5.41, 5.74) is 0.908. The van der Waals surface area contributed by atoms with Gasteiger partial charge < -0.3 is 9.47 Å². The number of unbranched alkanes of at least 4 members (excludes halogenated alkanes) is 1. The van der Waals surface area contributed by atoms with E-state index >= 15 is 0 Å². The molecule has 114 valence electrons. The molecule has 0 aliphatic rings. The van der Waals surface area contributed by atoms with Gasteiger partial charge >= 0.3 is 5.97 Å². The Bertz CT molecular complexity index is 472. The van der Waals surface area contributed by atoms with Gasteiger partial charge in [0.1, 0.15) is 6.61 Å². The molecule has 0 atom stereocenters. The number of esters is 1. The highest BCUT2D eigenvalue weighted by atomic mass is 16.6. The molecule has 0 aromatic heterocycles. The lowest BCUT2D eigenvalue weighted by Crippen LogP contribution is -2.15. The molecule has 0 bridgehead atoms. The molecule has 1 rings (SSSR count). The summed E-state index contributed by atoms with van der Waals surface area (Å²) in [6.45, 7) is 6.12. The molecule has 0 saturated carbocycles. The van der Waals surface area contributed by atoms with Crippen LogP contribution in [0.4, 0.5) is 0 Å². The number of carbonyl (C=O) groups is 1. The van der Waals surface area contributed by atoms with Crippen LogP contribution >= 0.6 is 0 Å². The van der Waals surface area contributed by atoms with E-state index in [2.05, 4.69) is 6.92 Å². The van der Waals surface area contributed by atoms with Crippen LogP contribution < -0.4 is 0 Å². The van der Waals surface area contributed by atoms with E-state index in [4.69, 9.17) is 9.47 Å². The Balaban J connectivity index is 2.75. The second-order valence-electron chi connectivity index (χ2n) is 4.94. The molecular weight excluding hydrogens is 264 g/mol. The Kier molecular flexibility index (Phi) is 7.95. The fourth-order valence-corrected chi connectivity index (χ4v) is 1.62. The van der Waals surface area contributed by atoms with Crippen LogP contribution in [0.25, 0.3) is 6.08 Å². The summed E-state index contributed by atoms with van der Waals surface area (Å²) >= 11 is 0. The maximum Gasteiger partial charge on any atom is 0.373 e. The number of ether oxygens (including phenoxy) is 2. The first-order valence-electron chi connectivity index (χ1n) is 7.39. The van der Waals surface area contributed by atoms with Crippen molar-refractivity contribution in [2.75, 3.05) is 6.61 Å². The van der Waals surface area contributed by atoms with E-state index in [1.54, 1.807) is 6.08 Å². The molecule has 3 nitrogen and oxygen atoms in total. The van der Waals surface area contributed by atoms with Crippen LogP contribution in [0.2, 0.25) is 0 Å². The van der Waals surface area contributed by atoms with E-state index in [0.29, 0.717) is 6.61 Å². The third-order valence-corrected chi connectivity index (χ3v) is 2.60. The molecule has 0 N–H and O–H groups in total. The molecule has 0 amide bonds. The van der Waals surface area contributed by atoms with Gasteiger partial charge in [-0.25, -0.2) is 4.79 Å². The molecule has 1 aromatic rings. The Hall–Kier alpha value is -2.03. The van der Waals surface area contributed by atoms with Gasteiger partial charge in [0, 0.05) is 0 Å². The number of benzene rings is 1. The van der Waals surface area contributed by atoms with E-state index in [1.165, 1.54) is 0 Å². The van der Waals surface area contributed by atoms with Crippen molar-refractivity contribution in [2.45, 2.75) is 39.7 Å². The summed E-state index contributed by atoms with van der Waals surface area (Å²) < 4.78 is 10.8. The minimum Gasteiger partial charge on any atom is -0.482 e. The normalized spacial score (nSPS) is 11.9. The average molecular weight is 288 g/mol. The molecule has 0 heterocycles. The summed E-state index contributed by atoms with van der Waals surface area (Å²) in [6, 6.07) is 9.59. The first-order valence-corrected chi connectivity index (χ1v) is 7.39. The zero-order valence-corrected chi connectivity index (χ0v) is 13.0. The van der Waals surface area contributed by atoms with Crippen molar-refractivity contribution in [3.8, 4) is 0 Å². The number of allylic oxidation sites excluding steroid dienone is 1. The van der Waals surface area contributed by atoms with Crippen LogP contribution in [0.3, 0.4) is 0 Å². The lowest BCUT2D eigenvalue weighted by molar-refractivity contribution is -0.146. The van der Waals surface area contributed by atoms with Gasteiger partial charge in [0.15, 0.2) is 0 Å². The molecule has 3 heteroatoms. The quantitative estimate of drug-likeness (QED) is 0.309. The summed E-state index contributed by atoms with van der Waals surface area (Å²) in [4.78, 5) is 12.0. The standard InChI is InChI=1S/C18H24O3/c1-4-5-6-10-13-20-17(18(19)21-15(2)3)14-16-11-8-7-9-12-16/h6-12,14-15H,4-5,13H2,1-3H3/b10-6+,17-14+. The minimum atomic E-state index is -0.433. The van der Waals surface area contributed by atoms with Crippen LogP contribution in [0.15, 0.2) is 48.2 Å². The SMILES string of the molecule is CCC/C=C/CO/C(=C/c1ccccc1)C(=O)OC(C)C. The summed E-state index contributed by atoms with van der Waals surface area (Å²) in [5.74, 6) is -0.200. The molecular formula is C18H24O3. The third kappa shape index (κ3) is 7.35. The van der Waals surface area contributed by atoms with Gasteiger partial charge in [0.05, 0.1) is 6.10 Å². The van der Waals surface area contributed by atoms with Crippen molar-refractivity contribution in [1.82, 2.24) is 0 Å². The lowest BCUT2D eigenvalue weighted by Gasteiger charge is -2.11. The molecule has 0 aliphatic carbocycles. The van der Waals surface area contributed by atoms with Crippen LogP contribution in [0.5, 0.6) is 0 Å². The van der Waals surface area contributed by atoms with E-state index < -0.39 is 5.97 Å². The maximum atomic E-state index is 12.0. The van der Waals surface area contributed by atoms with Crippen molar-refractivity contribution < 1.29 is 14.3 Å². The Morgan fingerprint density at radius 1 is 1.19 bits per heavy atom. The van der Waals surface area contributed by atoms with Crippen molar-refractivity contribution in [1.29, 1.82) is 0 Å². The number of hydrogen-bond acceptors (Lipinski definition) is 3. The topological polar surface area (TPSA) is 35.5 Å². The van der Waals surface area contributed by atoms with E-state index in [0.717, 1.165) is 18.4 Å². The van der Waals surface area contributed by atoms with Crippen molar-refractivity contribution in [2.24, 2.45) is 0 Å². The maximum absolute atomic E-state index is 12.0. The lowest BCUT2D eigenvalue weighted by atomic mass is 10.2. The predicted molar refractivity (Wildman–Crippen MR) is 85.6 cm³/mol. The summed E-state index contributed by atoms with van der Waals surface area (Å²) in [7, 11) is 0. The molecule has 0 fully saturated rings. The molecule has 0 aliphatic heterocycles. The first-order chi connectivity index (χ1) is 10.1. The van der Waals surface area contributed by atoms with Gasteiger partial charge in [-0.3, -0.25) is 0 Å². The highest BCUT2D eigenvalue weighted by Gasteiger charge is 2.14. The van der Waals surface area contributed by atoms with Gasteiger partial charge in [-0.1, -0.05) is 55.8 Å². The van der Waals surface area contributed by atoms with Gasteiger partial charge in [0.2, 0.25) is 5.76 Å². The Morgan fingerprint density at radius 2 is 1.90 bits per heavy atom. The largest absolute Gasteiger partial charge is 0.482 e. The van der Waals surface area contributed by atoms with Crippen molar-refractivity contribution >= 4 is 12.0 Å². The minimum absolute atomic E-state index is 0.170. The van der Waals surface area contributed by atoms with E-state index in [-0.39, 0.29) is 11.9 Å². The molecule has 0 spiro atoms. The fourth-order valence-electron chi connectivity index (χ4n) is 1.62. The molecule has 21 heavy (non-hydrogen) atoms. The van der Waals surface area contributed by atoms with Crippen LogP contribution in [-0.4, -0.2) is 18.7 Å². The van der Waals surface area contributed by atoms with E-state index in [1.807, 2.05) is 56.3 Å². The summed E-state index contributed by atoms with van der Waals surface area (Å²) in [6.07, 6.45) is 7.61. The van der Waals surface area contributed by atoms with Crippen molar-refractivity contribution in [3.63, 3.8) is 0 Å². The monoisotopic (exact) mass is 288 g/mol. The zero-order chi connectivity index (χ0) is 15.5. The highest BCUT2D eigenvalue weighted by molar-refractivity contribution is 5.91. The third-order valence-electron chi connectivity index (χ3n) is 2.60. The number of rotatable bonds is 8. The van der Waals surface area contributed by atoms with Crippen LogP contribution in [0.1, 0.15) is 39.2 Å². The van der Waals surface area contributed by atoms with Crippen LogP contribution in [0, 0.1) is 0 Å². The molecule has 1 aromatic carbocycles. The summed E-state index contributed by atoms with van der Waals surface area (Å²) in [5, 5.41) is 0. The second kappa shape index (κ2) is 9.81. The van der Waals surface area contributed by atoms with Gasteiger partial charge in [-0.05, 0) is 31.9 Å². The molecule has 0 saturated heterocycles. The zero-order valence-electron chi connectivity index (χ0n) is 13.0. The average Bonchev–Trinajstić information content (AvgIpc) is 2.46.